The monoisotopic (exact) mass is 255 g/mol. The normalized spacial score (nSPS) is 18.5. The molecule has 1 unspecified atom stereocenters. The topological polar surface area (TPSA) is 12.0 Å². The van der Waals surface area contributed by atoms with Crippen molar-refractivity contribution < 1.29 is 4.39 Å². The molecule has 2 rings (SSSR count). The van der Waals surface area contributed by atoms with Crippen molar-refractivity contribution in [3.05, 3.63) is 34.6 Å². The fourth-order valence-electron chi connectivity index (χ4n) is 2.92. The fourth-order valence-corrected chi connectivity index (χ4v) is 3.10. The number of hydrogen-bond donors (Lipinski definition) is 1. The zero-order valence-electron chi connectivity index (χ0n) is 10.2. The largest absolute Gasteiger partial charge is 0.319 e. The minimum absolute atomic E-state index is 0.235. The van der Waals surface area contributed by atoms with E-state index in [4.69, 9.17) is 11.6 Å². The highest BCUT2D eigenvalue weighted by atomic mass is 35.5. The molecule has 1 fully saturated rings. The Morgan fingerprint density at radius 3 is 2.76 bits per heavy atom. The van der Waals surface area contributed by atoms with Gasteiger partial charge in [-0.05, 0) is 37.4 Å². The molecular weight excluding hydrogens is 237 g/mol. The third kappa shape index (κ3) is 2.80. The van der Waals surface area contributed by atoms with E-state index in [-0.39, 0.29) is 16.8 Å². The number of hydrogen-bond acceptors (Lipinski definition) is 1. The van der Waals surface area contributed by atoms with E-state index in [1.807, 2.05) is 19.2 Å². The van der Waals surface area contributed by atoms with E-state index in [0.29, 0.717) is 5.92 Å². The molecule has 0 heterocycles. The molecule has 1 aliphatic carbocycles. The predicted octanol–water partition coefficient (Wildman–Crippen LogP) is 3.97. The van der Waals surface area contributed by atoms with Gasteiger partial charge in [0.05, 0.1) is 5.02 Å². The molecular formula is C14H19ClFN. The van der Waals surface area contributed by atoms with E-state index in [0.717, 1.165) is 12.1 Å². The van der Waals surface area contributed by atoms with Crippen molar-refractivity contribution in [2.45, 2.75) is 31.6 Å². The van der Waals surface area contributed by atoms with Gasteiger partial charge in [0.15, 0.2) is 0 Å². The SMILES string of the molecule is CNCC(c1cccc(Cl)c1F)C1CCCC1. The average molecular weight is 256 g/mol. The van der Waals surface area contributed by atoms with Crippen molar-refractivity contribution in [3.63, 3.8) is 0 Å². The first-order valence-corrected chi connectivity index (χ1v) is 6.70. The number of nitrogens with one attached hydrogen (secondary N) is 1. The highest BCUT2D eigenvalue weighted by molar-refractivity contribution is 6.30. The van der Waals surface area contributed by atoms with Crippen molar-refractivity contribution >= 4 is 11.6 Å². The molecule has 3 heteroatoms. The summed E-state index contributed by atoms with van der Waals surface area (Å²) in [5, 5.41) is 3.42. The van der Waals surface area contributed by atoms with Crippen molar-refractivity contribution in [2.75, 3.05) is 13.6 Å². The summed E-state index contributed by atoms with van der Waals surface area (Å²) < 4.78 is 14.1. The summed E-state index contributed by atoms with van der Waals surface area (Å²) in [6.45, 7) is 0.821. The maximum atomic E-state index is 14.1. The van der Waals surface area contributed by atoms with Crippen LogP contribution < -0.4 is 5.32 Å². The summed E-state index contributed by atoms with van der Waals surface area (Å²) in [6.07, 6.45) is 4.96. The van der Waals surface area contributed by atoms with Crippen LogP contribution in [0, 0.1) is 11.7 Å². The summed E-state index contributed by atoms with van der Waals surface area (Å²) in [5.74, 6) is 0.609. The highest BCUT2D eigenvalue weighted by Gasteiger charge is 2.28. The molecule has 0 spiro atoms. The molecule has 0 radical (unpaired) electrons. The molecule has 1 atom stereocenters. The molecule has 1 aromatic rings. The van der Waals surface area contributed by atoms with Crippen LogP contribution in [0.1, 0.15) is 37.2 Å². The first-order chi connectivity index (χ1) is 8.24. The van der Waals surface area contributed by atoms with Crippen molar-refractivity contribution in [1.29, 1.82) is 0 Å². The third-order valence-electron chi connectivity index (χ3n) is 3.77. The molecule has 0 amide bonds. The zero-order valence-corrected chi connectivity index (χ0v) is 10.9. The summed E-state index contributed by atoms with van der Waals surface area (Å²) >= 11 is 5.87. The Hall–Kier alpha value is -0.600. The fraction of sp³-hybridized carbons (Fsp3) is 0.571. The summed E-state index contributed by atoms with van der Waals surface area (Å²) in [7, 11) is 1.92. The lowest BCUT2D eigenvalue weighted by molar-refractivity contribution is 0.408. The summed E-state index contributed by atoms with van der Waals surface area (Å²) in [4.78, 5) is 0. The molecule has 1 nitrogen and oxygen atoms in total. The molecule has 17 heavy (non-hydrogen) atoms. The van der Waals surface area contributed by atoms with Gasteiger partial charge in [-0.1, -0.05) is 36.6 Å². The van der Waals surface area contributed by atoms with Crippen LogP contribution in [0.3, 0.4) is 0 Å². The van der Waals surface area contributed by atoms with E-state index in [1.165, 1.54) is 25.7 Å². The van der Waals surface area contributed by atoms with E-state index < -0.39 is 0 Å². The van der Waals surface area contributed by atoms with Gasteiger partial charge in [-0.2, -0.15) is 0 Å². The van der Waals surface area contributed by atoms with Gasteiger partial charge in [0.1, 0.15) is 5.82 Å². The molecule has 1 aliphatic rings. The van der Waals surface area contributed by atoms with E-state index >= 15 is 0 Å². The molecule has 0 bridgehead atoms. The van der Waals surface area contributed by atoms with Crippen LogP contribution in [0.25, 0.3) is 0 Å². The minimum Gasteiger partial charge on any atom is -0.319 e. The van der Waals surface area contributed by atoms with Gasteiger partial charge in [0.25, 0.3) is 0 Å². The first kappa shape index (κ1) is 12.8. The average Bonchev–Trinajstić information content (AvgIpc) is 2.84. The van der Waals surface area contributed by atoms with Gasteiger partial charge in [0.2, 0.25) is 0 Å². The van der Waals surface area contributed by atoms with E-state index in [9.17, 15) is 4.39 Å². The van der Waals surface area contributed by atoms with Crippen LogP contribution in [0.2, 0.25) is 5.02 Å². The van der Waals surface area contributed by atoms with Gasteiger partial charge >= 0.3 is 0 Å². The van der Waals surface area contributed by atoms with Gasteiger partial charge in [-0.25, -0.2) is 4.39 Å². The quantitative estimate of drug-likeness (QED) is 0.858. The Bertz CT molecular complexity index is 374. The number of halogens is 2. The van der Waals surface area contributed by atoms with E-state index in [2.05, 4.69) is 5.32 Å². The molecule has 0 saturated heterocycles. The van der Waals surface area contributed by atoms with E-state index in [1.54, 1.807) is 6.07 Å². The number of benzene rings is 1. The van der Waals surface area contributed by atoms with Crippen molar-refractivity contribution in [2.24, 2.45) is 5.92 Å². The number of likely N-dealkylation sites (N-methyl/N-ethyl adjacent to an activating group) is 1. The van der Waals surface area contributed by atoms with Gasteiger partial charge < -0.3 is 5.32 Å². The third-order valence-corrected chi connectivity index (χ3v) is 4.07. The van der Waals surface area contributed by atoms with Crippen molar-refractivity contribution in [3.8, 4) is 0 Å². The molecule has 94 valence electrons. The Balaban J connectivity index is 2.27. The lowest BCUT2D eigenvalue weighted by atomic mass is 9.84. The molecule has 1 N–H and O–H groups in total. The Labute approximate surface area is 107 Å². The van der Waals surface area contributed by atoms with Crippen LogP contribution in [0.4, 0.5) is 4.39 Å². The second kappa shape index (κ2) is 5.83. The summed E-state index contributed by atoms with van der Waals surface area (Å²) in [6, 6.07) is 5.34. The Kier molecular flexibility index (Phi) is 4.41. The summed E-state index contributed by atoms with van der Waals surface area (Å²) in [5.41, 5.74) is 0.777. The van der Waals surface area contributed by atoms with Crippen molar-refractivity contribution in [1.82, 2.24) is 5.32 Å². The van der Waals surface area contributed by atoms with Crippen LogP contribution >= 0.6 is 11.6 Å². The number of rotatable bonds is 4. The van der Waals surface area contributed by atoms with Crippen LogP contribution in [-0.2, 0) is 0 Å². The van der Waals surface area contributed by atoms with Gasteiger partial charge in [-0.15, -0.1) is 0 Å². The lowest BCUT2D eigenvalue weighted by Gasteiger charge is -2.24. The van der Waals surface area contributed by atoms with Crippen LogP contribution in [0.5, 0.6) is 0 Å². The lowest BCUT2D eigenvalue weighted by Crippen LogP contribution is -2.23. The highest BCUT2D eigenvalue weighted by Crippen LogP contribution is 2.38. The van der Waals surface area contributed by atoms with Gasteiger partial charge in [0, 0.05) is 12.5 Å². The maximum absolute atomic E-state index is 14.1. The minimum atomic E-state index is -0.235. The van der Waals surface area contributed by atoms with Gasteiger partial charge in [-0.3, -0.25) is 0 Å². The Morgan fingerprint density at radius 1 is 1.41 bits per heavy atom. The zero-order chi connectivity index (χ0) is 12.3. The molecule has 0 aliphatic heterocycles. The predicted molar refractivity (Wildman–Crippen MR) is 70.0 cm³/mol. The van der Waals surface area contributed by atoms with Crippen LogP contribution in [-0.4, -0.2) is 13.6 Å². The molecule has 1 saturated carbocycles. The standard InChI is InChI=1S/C14H19ClFN/c1-17-9-12(10-5-2-3-6-10)11-7-4-8-13(15)14(11)16/h4,7-8,10,12,17H,2-3,5-6,9H2,1H3. The molecule has 1 aromatic carbocycles. The Morgan fingerprint density at radius 2 is 2.12 bits per heavy atom. The maximum Gasteiger partial charge on any atom is 0.145 e. The second-order valence-electron chi connectivity index (χ2n) is 4.85. The first-order valence-electron chi connectivity index (χ1n) is 6.32. The smallest absolute Gasteiger partial charge is 0.145 e. The van der Waals surface area contributed by atoms with Crippen LogP contribution in [0.15, 0.2) is 18.2 Å². The molecule has 0 aromatic heterocycles. The second-order valence-corrected chi connectivity index (χ2v) is 5.26.